The first-order chi connectivity index (χ1) is 7.67. The molecule has 1 aromatic rings. The highest BCUT2D eigenvalue weighted by molar-refractivity contribution is 14.1. The van der Waals surface area contributed by atoms with E-state index >= 15 is 0 Å². The molecule has 0 aromatic carbocycles. The number of aliphatic hydroxyl groups excluding tert-OH is 1. The minimum absolute atomic E-state index is 0.0180. The smallest absolute Gasteiger partial charge is 0.252 e. The van der Waals surface area contributed by atoms with Crippen LogP contribution in [0.1, 0.15) is 30.1 Å². The van der Waals surface area contributed by atoms with Crippen molar-refractivity contribution in [2.24, 2.45) is 5.92 Å². The van der Waals surface area contributed by atoms with E-state index in [1.165, 1.54) is 0 Å². The summed E-state index contributed by atoms with van der Waals surface area (Å²) in [7, 11) is 0. The van der Waals surface area contributed by atoms with Crippen LogP contribution in [0, 0.1) is 8.80 Å². The highest BCUT2D eigenvalue weighted by atomic mass is 127. The van der Waals surface area contributed by atoms with Crippen molar-refractivity contribution in [3.63, 3.8) is 0 Å². The zero-order valence-electron chi connectivity index (χ0n) is 9.20. The maximum absolute atomic E-state index is 11.7. The number of nitrogens with one attached hydrogen (secondary N) is 1. The molecule has 90 valence electrons. The van der Waals surface area contributed by atoms with Crippen molar-refractivity contribution in [2.45, 2.75) is 19.8 Å². The van der Waals surface area contributed by atoms with E-state index in [9.17, 15) is 4.79 Å². The normalized spacial score (nSPS) is 12.4. The molecule has 0 bridgehead atoms. The van der Waals surface area contributed by atoms with Gasteiger partial charge in [0.1, 0.15) is 0 Å². The minimum atomic E-state index is -0.0180. The van der Waals surface area contributed by atoms with Gasteiger partial charge in [0.25, 0.3) is 5.91 Å². The van der Waals surface area contributed by atoms with Crippen molar-refractivity contribution in [1.82, 2.24) is 5.32 Å². The van der Waals surface area contributed by atoms with Crippen molar-refractivity contribution in [3.8, 4) is 0 Å². The molecule has 0 radical (unpaired) electrons. The molecule has 16 heavy (non-hydrogen) atoms. The summed E-state index contributed by atoms with van der Waals surface area (Å²) in [6.45, 7) is 2.90. The Morgan fingerprint density at radius 3 is 2.94 bits per heavy atom. The number of carbonyl (C=O) groups excluding carboxylic acids is 1. The monoisotopic (exact) mass is 353 g/mol. The highest BCUT2D eigenvalue weighted by Crippen LogP contribution is 2.16. The van der Waals surface area contributed by atoms with E-state index in [0.717, 1.165) is 21.3 Å². The molecule has 0 saturated heterocycles. The van der Waals surface area contributed by atoms with Crippen LogP contribution in [-0.2, 0) is 0 Å². The van der Waals surface area contributed by atoms with Crippen molar-refractivity contribution in [2.75, 3.05) is 13.2 Å². The highest BCUT2D eigenvalue weighted by Gasteiger charge is 2.10. The van der Waals surface area contributed by atoms with Crippen molar-refractivity contribution < 1.29 is 9.90 Å². The zero-order chi connectivity index (χ0) is 12.0. The van der Waals surface area contributed by atoms with Gasteiger partial charge in [0.2, 0.25) is 0 Å². The van der Waals surface area contributed by atoms with Crippen LogP contribution in [0.4, 0.5) is 0 Å². The van der Waals surface area contributed by atoms with Crippen molar-refractivity contribution in [1.29, 1.82) is 0 Å². The SMILES string of the molecule is CCC(CCO)CNC(=O)c1csc(I)c1. The van der Waals surface area contributed by atoms with E-state index in [2.05, 4.69) is 34.8 Å². The Balaban J connectivity index is 2.40. The second-order valence-corrected chi connectivity index (χ2v) is 6.44. The van der Waals surface area contributed by atoms with Gasteiger partial charge >= 0.3 is 0 Å². The number of carbonyl (C=O) groups is 1. The second-order valence-electron chi connectivity index (χ2n) is 3.64. The summed E-state index contributed by atoms with van der Waals surface area (Å²) in [5.74, 6) is 0.349. The number of amides is 1. The van der Waals surface area contributed by atoms with Crippen molar-refractivity contribution >= 4 is 39.8 Å². The summed E-state index contributed by atoms with van der Waals surface area (Å²) < 4.78 is 1.12. The van der Waals surface area contributed by atoms with Gasteiger partial charge in [-0.2, -0.15) is 0 Å². The van der Waals surface area contributed by atoms with Crippen LogP contribution >= 0.6 is 33.9 Å². The van der Waals surface area contributed by atoms with Gasteiger partial charge in [-0.1, -0.05) is 13.3 Å². The topological polar surface area (TPSA) is 49.3 Å². The molecule has 3 nitrogen and oxygen atoms in total. The largest absolute Gasteiger partial charge is 0.396 e. The van der Waals surface area contributed by atoms with Crippen molar-refractivity contribution in [3.05, 3.63) is 19.9 Å². The number of hydrogen-bond donors (Lipinski definition) is 2. The standard InChI is InChI=1S/C11H16INO2S/c1-2-8(3-4-14)6-13-11(15)9-5-10(12)16-7-9/h5,7-8,14H,2-4,6H2,1H3,(H,13,15). The van der Waals surface area contributed by atoms with Gasteiger partial charge < -0.3 is 10.4 Å². The maximum Gasteiger partial charge on any atom is 0.252 e. The number of hydrogen-bond acceptors (Lipinski definition) is 3. The summed E-state index contributed by atoms with van der Waals surface area (Å²) >= 11 is 3.77. The van der Waals surface area contributed by atoms with Crippen LogP contribution in [0.5, 0.6) is 0 Å². The maximum atomic E-state index is 11.7. The molecule has 0 spiro atoms. The fourth-order valence-corrected chi connectivity index (χ4v) is 2.73. The van der Waals surface area contributed by atoms with E-state index < -0.39 is 0 Å². The van der Waals surface area contributed by atoms with Gasteiger partial charge in [-0.25, -0.2) is 0 Å². The van der Waals surface area contributed by atoms with Crippen LogP contribution in [0.25, 0.3) is 0 Å². The van der Waals surface area contributed by atoms with Gasteiger partial charge in [-0.05, 0) is 41.0 Å². The minimum Gasteiger partial charge on any atom is -0.396 e. The molecule has 1 aromatic heterocycles. The first-order valence-corrected chi connectivity index (χ1v) is 7.26. The summed E-state index contributed by atoms with van der Waals surface area (Å²) in [6, 6.07) is 1.88. The molecule has 0 fully saturated rings. The van der Waals surface area contributed by atoms with Gasteiger partial charge in [-0.3, -0.25) is 4.79 Å². The van der Waals surface area contributed by atoms with Crippen LogP contribution in [-0.4, -0.2) is 24.2 Å². The number of thiophene rings is 1. The number of halogens is 1. The molecule has 0 aliphatic heterocycles. The average Bonchev–Trinajstić information content (AvgIpc) is 2.70. The molecule has 0 aliphatic carbocycles. The summed E-state index contributed by atoms with van der Waals surface area (Å²) in [5, 5.41) is 13.6. The Kier molecular flexibility index (Phi) is 6.30. The lowest BCUT2D eigenvalue weighted by Gasteiger charge is -2.13. The molecule has 0 aliphatic rings. The molecular weight excluding hydrogens is 337 g/mol. The molecule has 2 N–H and O–H groups in total. The fourth-order valence-electron chi connectivity index (χ4n) is 1.40. The Labute approximate surface area is 113 Å². The molecule has 1 heterocycles. The second kappa shape index (κ2) is 7.24. The number of rotatable bonds is 6. The molecular formula is C11H16INO2S. The summed E-state index contributed by atoms with van der Waals surface area (Å²) in [5.41, 5.74) is 0.730. The molecule has 0 saturated carbocycles. The van der Waals surface area contributed by atoms with E-state index in [1.807, 2.05) is 11.4 Å². The predicted molar refractivity (Wildman–Crippen MR) is 74.9 cm³/mol. The quantitative estimate of drug-likeness (QED) is 0.772. The Bertz CT molecular complexity index is 340. The molecule has 5 heteroatoms. The third-order valence-corrected chi connectivity index (χ3v) is 4.28. The molecule has 1 atom stereocenters. The Morgan fingerprint density at radius 1 is 1.69 bits per heavy atom. The lowest BCUT2D eigenvalue weighted by atomic mass is 10.0. The first kappa shape index (κ1) is 13.9. The summed E-state index contributed by atoms with van der Waals surface area (Å²) in [6.07, 6.45) is 1.72. The van der Waals surface area contributed by atoms with Crippen LogP contribution < -0.4 is 5.32 Å². The molecule has 1 rings (SSSR count). The lowest BCUT2D eigenvalue weighted by Crippen LogP contribution is -2.29. The van der Waals surface area contributed by atoms with Crippen LogP contribution in [0.15, 0.2) is 11.4 Å². The zero-order valence-corrected chi connectivity index (χ0v) is 12.2. The fraction of sp³-hybridized carbons (Fsp3) is 0.545. The first-order valence-electron chi connectivity index (χ1n) is 5.30. The number of aliphatic hydroxyl groups is 1. The van der Waals surface area contributed by atoms with Crippen LogP contribution in [0.3, 0.4) is 0 Å². The van der Waals surface area contributed by atoms with Gasteiger partial charge in [-0.15, -0.1) is 11.3 Å². The molecule has 1 unspecified atom stereocenters. The Morgan fingerprint density at radius 2 is 2.44 bits per heavy atom. The van der Waals surface area contributed by atoms with E-state index in [4.69, 9.17) is 5.11 Å². The Hall–Kier alpha value is -0.140. The third kappa shape index (κ3) is 4.39. The van der Waals surface area contributed by atoms with Gasteiger partial charge in [0.05, 0.1) is 8.45 Å². The van der Waals surface area contributed by atoms with Gasteiger partial charge in [0.15, 0.2) is 0 Å². The summed E-state index contributed by atoms with van der Waals surface area (Å²) in [4.78, 5) is 11.7. The van der Waals surface area contributed by atoms with E-state index in [0.29, 0.717) is 12.5 Å². The third-order valence-electron chi connectivity index (χ3n) is 2.50. The lowest BCUT2D eigenvalue weighted by molar-refractivity contribution is 0.0944. The van der Waals surface area contributed by atoms with Crippen LogP contribution in [0.2, 0.25) is 0 Å². The molecule has 1 amide bonds. The van der Waals surface area contributed by atoms with E-state index in [1.54, 1.807) is 11.3 Å². The average molecular weight is 353 g/mol. The van der Waals surface area contributed by atoms with Gasteiger partial charge in [0, 0.05) is 18.5 Å². The van der Waals surface area contributed by atoms with E-state index in [-0.39, 0.29) is 12.5 Å². The predicted octanol–water partition coefficient (Wildman–Crippen LogP) is 2.49.